The Morgan fingerprint density at radius 3 is 2.33 bits per heavy atom. The van der Waals surface area contributed by atoms with Gasteiger partial charge in [-0.05, 0) is 74.5 Å². The van der Waals surface area contributed by atoms with Crippen LogP contribution in [0.15, 0.2) is 18.2 Å². The minimum Gasteiger partial charge on any atom is -0.497 e. The molecular weight excluding hydrogens is 344 g/mol. The van der Waals surface area contributed by atoms with Gasteiger partial charge in [0.1, 0.15) is 17.6 Å². The molecule has 5 rings (SSSR count). The molecular formula is C21H30N2O4. The highest BCUT2D eigenvalue weighted by Gasteiger charge is 2.51. The van der Waals surface area contributed by atoms with Crippen LogP contribution in [0.4, 0.5) is 4.79 Å². The van der Waals surface area contributed by atoms with E-state index in [2.05, 4.69) is 10.6 Å². The van der Waals surface area contributed by atoms with Crippen LogP contribution in [0, 0.1) is 17.8 Å². The van der Waals surface area contributed by atoms with E-state index in [4.69, 9.17) is 9.47 Å². The van der Waals surface area contributed by atoms with Crippen LogP contribution in [-0.2, 0) is 0 Å². The Bertz CT molecular complexity index is 670. The molecule has 6 heteroatoms. The number of hydrogen-bond acceptors (Lipinski definition) is 4. The third-order valence-electron chi connectivity index (χ3n) is 6.67. The number of urea groups is 1. The number of aliphatic hydroxyl groups excluding tert-OH is 1. The summed E-state index contributed by atoms with van der Waals surface area (Å²) in [6.07, 6.45) is 6.50. The van der Waals surface area contributed by atoms with Crippen molar-refractivity contribution in [1.29, 1.82) is 0 Å². The molecule has 27 heavy (non-hydrogen) atoms. The Labute approximate surface area is 160 Å². The third kappa shape index (κ3) is 3.72. The number of methoxy groups -OCH3 is 2. The molecule has 0 spiro atoms. The Balaban J connectivity index is 1.36. The summed E-state index contributed by atoms with van der Waals surface area (Å²) in [5.41, 5.74) is 0.573. The first kappa shape index (κ1) is 18.4. The molecule has 1 atom stereocenters. The molecule has 0 unspecified atom stereocenters. The van der Waals surface area contributed by atoms with Gasteiger partial charge >= 0.3 is 6.03 Å². The van der Waals surface area contributed by atoms with Gasteiger partial charge in [-0.2, -0.15) is 0 Å². The number of carbonyl (C=O) groups excluding carboxylic acids is 1. The lowest BCUT2D eigenvalue weighted by atomic mass is 9.53. The predicted octanol–water partition coefficient (Wildman–Crippen LogP) is 3.01. The Kier molecular flexibility index (Phi) is 4.93. The molecule has 4 fully saturated rings. The number of hydrogen-bond donors (Lipinski definition) is 3. The molecule has 4 saturated carbocycles. The van der Waals surface area contributed by atoms with Crippen LogP contribution >= 0.6 is 0 Å². The van der Waals surface area contributed by atoms with E-state index >= 15 is 0 Å². The molecule has 148 valence electrons. The smallest absolute Gasteiger partial charge is 0.315 e. The summed E-state index contributed by atoms with van der Waals surface area (Å²) in [6.45, 7) is 0.127. The molecule has 3 N–H and O–H groups in total. The van der Waals surface area contributed by atoms with Gasteiger partial charge in [-0.3, -0.25) is 0 Å². The first-order valence-electron chi connectivity index (χ1n) is 9.96. The number of nitrogens with one attached hydrogen (secondary N) is 2. The second-order valence-electron chi connectivity index (χ2n) is 8.66. The van der Waals surface area contributed by atoms with Crippen molar-refractivity contribution in [3.05, 3.63) is 23.8 Å². The summed E-state index contributed by atoms with van der Waals surface area (Å²) in [6, 6.07) is 5.09. The summed E-state index contributed by atoms with van der Waals surface area (Å²) in [4.78, 5) is 12.6. The fraction of sp³-hybridized carbons (Fsp3) is 0.667. The van der Waals surface area contributed by atoms with Crippen LogP contribution < -0.4 is 20.1 Å². The molecule has 0 aliphatic heterocycles. The van der Waals surface area contributed by atoms with Crippen LogP contribution in [-0.4, -0.2) is 37.4 Å². The number of carbonyl (C=O) groups is 1. The number of benzene rings is 1. The zero-order chi connectivity index (χ0) is 19.0. The summed E-state index contributed by atoms with van der Waals surface area (Å²) < 4.78 is 10.5. The lowest BCUT2D eigenvalue weighted by molar-refractivity contribution is -0.0136. The van der Waals surface area contributed by atoms with Gasteiger partial charge < -0.3 is 25.2 Å². The van der Waals surface area contributed by atoms with Crippen LogP contribution in [0.3, 0.4) is 0 Å². The highest BCUT2D eigenvalue weighted by Crippen LogP contribution is 2.55. The molecule has 0 radical (unpaired) electrons. The quantitative estimate of drug-likeness (QED) is 0.715. The predicted molar refractivity (Wildman–Crippen MR) is 102 cm³/mol. The monoisotopic (exact) mass is 374 g/mol. The van der Waals surface area contributed by atoms with Crippen LogP contribution in [0.25, 0.3) is 0 Å². The van der Waals surface area contributed by atoms with Gasteiger partial charge in [-0.25, -0.2) is 4.79 Å². The second kappa shape index (κ2) is 7.23. The molecule has 6 nitrogen and oxygen atoms in total. The fourth-order valence-electron chi connectivity index (χ4n) is 5.95. The summed E-state index contributed by atoms with van der Waals surface area (Å²) in [7, 11) is 3.14. The minimum atomic E-state index is -0.864. The Morgan fingerprint density at radius 1 is 1.15 bits per heavy atom. The van der Waals surface area contributed by atoms with Crippen molar-refractivity contribution in [3.8, 4) is 11.5 Å². The largest absolute Gasteiger partial charge is 0.497 e. The first-order valence-corrected chi connectivity index (χ1v) is 9.96. The normalized spacial score (nSPS) is 32.0. The van der Waals surface area contributed by atoms with Crippen LogP contribution in [0.5, 0.6) is 11.5 Å². The van der Waals surface area contributed by atoms with E-state index in [1.807, 2.05) is 0 Å². The van der Waals surface area contributed by atoms with Crippen molar-refractivity contribution in [2.24, 2.45) is 17.8 Å². The van der Waals surface area contributed by atoms with E-state index in [9.17, 15) is 9.90 Å². The van der Waals surface area contributed by atoms with Gasteiger partial charge in [0.05, 0.1) is 14.2 Å². The number of aliphatic hydroxyl groups is 1. The second-order valence-corrected chi connectivity index (χ2v) is 8.66. The van der Waals surface area contributed by atoms with E-state index in [1.165, 1.54) is 19.3 Å². The lowest BCUT2D eigenvalue weighted by Crippen LogP contribution is -2.61. The molecule has 2 amide bonds. The molecule has 1 aromatic carbocycles. The van der Waals surface area contributed by atoms with Crippen LogP contribution in [0.1, 0.15) is 50.2 Å². The van der Waals surface area contributed by atoms with Crippen molar-refractivity contribution in [2.75, 3.05) is 20.8 Å². The highest BCUT2D eigenvalue weighted by atomic mass is 16.5. The molecule has 0 heterocycles. The Hall–Kier alpha value is -1.95. The number of amides is 2. The maximum atomic E-state index is 12.6. The Morgan fingerprint density at radius 2 is 1.78 bits per heavy atom. The van der Waals surface area contributed by atoms with Gasteiger partial charge in [-0.15, -0.1) is 0 Å². The molecule has 1 aromatic rings. The van der Waals surface area contributed by atoms with Gasteiger partial charge in [0.2, 0.25) is 0 Å². The topological polar surface area (TPSA) is 79.8 Å². The molecule has 0 saturated heterocycles. The van der Waals surface area contributed by atoms with Crippen molar-refractivity contribution < 1.29 is 19.4 Å². The van der Waals surface area contributed by atoms with E-state index in [0.717, 1.165) is 37.0 Å². The zero-order valence-corrected chi connectivity index (χ0v) is 16.2. The summed E-state index contributed by atoms with van der Waals surface area (Å²) in [5.74, 6) is 3.56. The van der Waals surface area contributed by atoms with E-state index in [1.54, 1.807) is 32.4 Å². The lowest BCUT2D eigenvalue weighted by Gasteiger charge is -2.56. The van der Waals surface area contributed by atoms with Crippen molar-refractivity contribution in [3.63, 3.8) is 0 Å². The van der Waals surface area contributed by atoms with Gasteiger partial charge in [0.15, 0.2) is 0 Å². The van der Waals surface area contributed by atoms with Crippen LogP contribution in [0.2, 0.25) is 0 Å². The van der Waals surface area contributed by atoms with Gasteiger partial charge in [0, 0.05) is 17.6 Å². The third-order valence-corrected chi connectivity index (χ3v) is 6.67. The van der Waals surface area contributed by atoms with Crippen molar-refractivity contribution in [2.45, 2.75) is 50.2 Å². The molecule has 4 aliphatic carbocycles. The standard InChI is InChI=1S/C21H30N2O4/c1-26-16-3-4-19(27-2)17(8-16)18(24)12-22-20(25)23-21-9-13-5-14(10-21)7-15(6-13)11-21/h3-4,8,13-15,18,24H,5-7,9-12H2,1-2H3,(H2,22,23,25)/t13?,14?,15?,18-,21?/m1/s1. The zero-order valence-electron chi connectivity index (χ0n) is 16.2. The van der Waals surface area contributed by atoms with Gasteiger partial charge in [-0.1, -0.05) is 0 Å². The maximum absolute atomic E-state index is 12.6. The first-order chi connectivity index (χ1) is 13.0. The minimum absolute atomic E-state index is 0.0303. The highest BCUT2D eigenvalue weighted by molar-refractivity contribution is 5.75. The van der Waals surface area contributed by atoms with E-state index in [-0.39, 0.29) is 18.1 Å². The number of rotatable bonds is 6. The fourth-order valence-corrected chi connectivity index (χ4v) is 5.95. The summed E-state index contributed by atoms with van der Waals surface area (Å²) in [5, 5.41) is 16.7. The van der Waals surface area contributed by atoms with Crippen molar-refractivity contribution in [1.82, 2.24) is 10.6 Å². The molecule has 4 bridgehead atoms. The molecule has 0 aromatic heterocycles. The SMILES string of the molecule is COc1ccc(OC)c([C@H](O)CNC(=O)NC23CC4CC(CC(C4)C2)C3)c1. The average Bonchev–Trinajstić information content (AvgIpc) is 2.64. The maximum Gasteiger partial charge on any atom is 0.315 e. The van der Waals surface area contributed by atoms with Crippen molar-refractivity contribution >= 4 is 6.03 Å². The average molecular weight is 374 g/mol. The number of ether oxygens (including phenoxy) is 2. The van der Waals surface area contributed by atoms with E-state index < -0.39 is 6.10 Å². The molecule has 4 aliphatic rings. The van der Waals surface area contributed by atoms with E-state index in [0.29, 0.717) is 17.1 Å². The van der Waals surface area contributed by atoms with Gasteiger partial charge in [0.25, 0.3) is 0 Å². The summed E-state index contributed by atoms with van der Waals surface area (Å²) >= 11 is 0.